The standard InChI is InChI=1S/C9H13N3O/c1-9(4-10)5-12(6-9)7-2-3-11-8(7)13/h7H,2-3,5-6H2,1H3,(H,11,13). The van der Waals surface area contributed by atoms with Crippen molar-refractivity contribution in [2.75, 3.05) is 19.6 Å². The SMILES string of the molecule is CC1(C#N)CN(C2CCNC2=O)C1. The van der Waals surface area contributed by atoms with Crippen LogP contribution >= 0.6 is 0 Å². The third kappa shape index (κ3) is 1.29. The molecule has 0 aliphatic carbocycles. The van der Waals surface area contributed by atoms with E-state index in [1.165, 1.54) is 0 Å². The molecule has 2 aliphatic heterocycles. The number of nitriles is 1. The molecule has 1 unspecified atom stereocenters. The smallest absolute Gasteiger partial charge is 0.237 e. The molecule has 0 saturated carbocycles. The third-order valence-electron chi connectivity index (χ3n) is 2.83. The van der Waals surface area contributed by atoms with Gasteiger partial charge in [-0.15, -0.1) is 0 Å². The molecule has 1 atom stereocenters. The van der Waals surface area contributed by atoms with Crippen LogP contribution in [-0.4, -0.2) is 36.5 Å². The van der Waals surface area contributed by atoms with Gasteiger partial charge in [0.25, 0.3) is 0 Å². The monoisotopic (exact) mass is 179 g/mol. The van der Waals surface area contributed by atoms with Gasteiger partial charge in [-0.1, -0.05) is 0 Å². The van der Waals surface area contributed by atoms with E-state index < -0.39 is 0 Å². The van der Waals surface area contributed by atoms with Crippen LogP contribution in [0.2, 0.25) is 0 Å². The second kappa shape index (κ2) is 2.71. The Labute approximate surface area is 77.5 Å². The van der Waals surface area contributed by atoms with Crippen molar-refractivity contribution in [2.24, 2.45) is 5.41 Å². The average molecular weight is 179 g/mol. The zero-order valence-corrected chi connectivity index (χ0v) is 7.71. The summed E-state index contributed by atoms with van der Waals surface area (Å²) >= 11 is 0. The summed E-state index contributed by atoms with van der Waals surface area (Å²) in [6.45, 7) is 4.20. The van der Waals surface area contributed by atoms with Gasteiger partial charge in [-0.3, -0.25) is 9.69 Å². The second-order valence-corrected chi connectivity index (χ2v) is 4.17. The average Bonchev–Trinajstić information content (AvgIpc) is 2.46. The maximum atomic E-state index is 11.3. The van der Waals surface area contributed by atoms with E-state index in [4.69, 9.17) is 5.26 Å². The molecule has 1 amide bonds. The molecule has 0 aromatic rings. The van der Waals surface area contributed by atoms with Gasteiger partial charge in [0.05, 0.1) is 17.5 Å². The molecule has 13 heavy (non-hydrogen) atoms. The van der Waals surface area contributed by atoms with Crippen molar-refractivity contribution in [1.82, 2.24) is 10.2 Å². The Morgan fingerprint density at radius 3 is 2.85 bits per heavy atom. The van der Waals surface area contributed by atoms with Crippen LogP contribution in [0.3, 0.4) is 0 Å². The van der Waals surface area contributed by atoms with Crippen LogP contribution in [0.5, 0.6) is 0 Å². The fourth-order valence-corrected chi connectivity index (χ4v) is 2.07. The van der Waals surface area contributed by atoms with E-state index in [-0.39, 0.29) is 17.4 Å². The van der Waals surface area contributed by atoms with Crippen LogP contribution in [0.15, 0.2) is 0 Å². The van der Waals surface area contributed by atoms with Crippen molar-refractivity contribution < 1.29 is 4.79 Å². The molecular formula is C9H13N3O. The van der Waals surface area contributed by atoms with Gasteiger partial charge in [-0.2, -0.15) is 5.26 Å². The summed E-state index contributed by atoms with van der Waals surface area (Å²) in [6.07, 6.45) is 0.889. The van der Waals surface area contributed by atoms with Crippen LogP contribution in [0, 0.1) is 16.7 Å². The molecular weight excluding hydrogens is 166 g/mol. The second-order valence-electron chi connectivity index (χ2n) is 4.17. The molecule has 0 aromatic carbocycles. The molecule has 2 aliphatic rings. The number of nitrogens with zero attached hydrogens (tertiary/aromatic N) is 2. The van der Waals surface area contributed by atoms with Crippen LogP contribution in [0.25, 0.3) is 0 Å². The number of rotatable bonds is 1. The summed E-state index contributed by atoms with van der Waals surface area (Å²) in [4.78, 5) is 13.4. The van der Waals surface area contributed by atoms with Gasteiger partial charge in [-0.25, -0.2) is 0 Å². The normalized spacial score (nSPS) is 32.0. The van der Waals surface area contributed by atoms with E-state index in [1.54, 1.807) is 0 Å². The first kappa shape index (κ1) is 8.52. The molecule has 4 nitrogen and oxygen atoms in total. The van der Waals surface area contributed by atoms with Crippen LogP contribution in [-0.2, 0) is 4.79 Å². The quantitative estimate of drug-likeness (QED) is 0.602. The first-order chi connectivity index (χ1) is 6.14. The van der Waals surface area contributed by atoms with E-state index >= 15 is 0 Å². The highest BCUT2D eigenvalue weighted by molar-refractivity contribution is 5.83. The number of carbonyl (C=O) groups excluding carboxylic acids is 1. The Hall–Kier alpha value is -1.08. The van der Waals surface area contributed by atoms with Crippen molar-refractivity contribution in [1.29, 1.82) is 5.26 Å². The van der Waals surface area contributed by atoms with Gasteiger partial charge < -0.3 is 5.32 Å². The van der Waals surface area contributed by atoms with E-state index in [0.717, 1.165) is 26.1 Å². The van der Waals surface area contributed by atoms with Gasteiger partial charge in [-0.05, 0) is 13.3 Å². The summed E-state index contributed by atoms with van der Waals surface area (Å²) < 4.78 is 0. The lowest BCUT2D eigenvalue weighted by molar-refractivity contribution is -0.127. The minimum absolute atomic E-state index is 0.0291. The lowest BCUT2D eigenvalue weighted by Crippen LogP contribution is -2.59. The van der Waals surface area contributed by atoms with Gasteiger partial charge >= 0.3 is 0 Å². The molecule has 0 aromatic heterocycles. The first-order valence-corrected chi connectivity index (χ1v) is 4.58. The van der Waals surface area contributed by atoms with Gasteiger partial charge in [0, 0.05) is 19.6 Å². The molecule has 2 saturated heterocycles. The predicted molar refractivity (Wildman–Crippen MR) is 46.7 cm³/mol. The van der Waals surface area contributed by atoms with Crippen molar-refractivity contribution in [3.05, 3.63) is 0 Å². The number of likely N-dealkylation sites (tertiary alicyclic amines) is 1. The zero-order chi connectivity index (χ0) is 9.47. The third-order valence-corrected chi connectivity index (χ3v) is 2.83. The van der Waals surface area contributed by atoms with Crippen LogP contribution in [0.4, 0.5) is 0 Å². The summed E-state index contributed by atoms with van der Waals surface area (Å²) in [5.41, 5.74) is -0.219. The maximum absolute atomic E-state index is 11.3. The predicted octanol–water partition coefficient (Wildman–Crippen LogP) is -0.280. The van der Waals surface area contributed by atoms with E-state index in [0.29, 0.717) is 0 Å². The highest BCUT2D eigenvalue weighted by Gasteiger charge is 2.45. The minimum atomic E-state index is -0.219. The molecule has 4 heteroatoms. The molecule has 2 fully saturated rings. The minimum Gasteiger partial charge on any atom is -0.355 e. The van der Waals surface area contributed by atoms with Crippen molar-refractivity contribution in [3.63, 3.8) is 0 Å². The molecule has 2 heterocycles. The fourth-order valence-electron chi connectivity index (χ4n) is 2.07. The van der Waals surface area contributed by atoms with Crippen LogP contribution in [0.1, 0.15) is 13.3 Å². The lowest BCUT2D eigenvalue weighted by Gasteiger charge is -2.45. The van der Waals surface area contributed by atoms with Crippen LogP contribution < -0.4 is 5.32 Å². The zero-order valence-electron chi connectivity index (χ0n) is 7.71. The Balaban J connectivity index is 1.94. The van der Waals surface area contributed by atoms with Crippen molar-refractivity contribution in [2.45, 2.75) is 19.4 Å². The lowest BCUT2D eigenvalue weighted by atomic mass is 9.82. The molecule has 2 rings (SSSR count). The molecule has 70 valence electrons. The summed E-state index contributed by atoms with van der Waals surface area (Å²) in [6, 6.07) is 2.30. The maximum Gasteiger partial charge on any atom is 0.237 e. The molecule has 1 N–H and O–H groups in total. The van der Waals surface area contributed by atoms with E-state index in [1.807, 2.05) is 6.92 Å². The largest absolute Gasteiger partial charge is 0.355 e. The number of hydrogen-bond donors (Lipinski definition) is 1. The van der Waals surface area contributed by atoms with Crippen molar-refractivity contribution >= 4 is 5.91 Å². The highest BCUT2D eigenvalue weighted by Crippen LogP contribution is 2.31. The van der Waals surface area contributed by atoms with E-state index in [2.05, 4.69) is 16.3 Å². The summed E-state index contributed by atoms with van der Waals surface area (Å²) in [7, 11) is 0. The highest BCUT2D eigenvalue weighted by atomic mass is 16.2. The number of hydrogen-bond acceptors (Lipinski definition) is 3. The van der Waals surface area contributed by atoms with Crippen molar-refractivity contribution in [3.8, 4) is 6.07 Å². The van der Waals surface area contributed by atoms with Gasteiger partial charge in [0.1, 0.15) is 0 Å². The number of amides is 1. The topological polar surface area (TPSA) is 56.1 Å². The summed E-state index contributed by atoms with van der Waals surface area (Å²) in [5, 5.41) is 11.6. The summed E-state index contributed by atoms with van der Waals surface area (Å²) in [5.74, 6) is 0.125. The van der Waals surface area contributed by atoms with Gasteiger partial charge in [0.15, 0.2) is 0 Å². The first-order valence-electron chi connectivity index (χ1n) is 4.58. The number of carbonyl (C=O) groups is 1. The number of nitrogens with one attached hydrogen (secondary N) is 1. The van der Waals surface area contributed by atoms with E-state index in [9.17, 15) is 4.79 Å². The Kier molecular flexibility index (Phi) is 1.77. The molecule has 0 spiro atoms. The van der Waals surface area contributed by atoms with Gasteiger partial charge in [0.2, 0.25) is 5.91 Å². The fraction of sp³-hybridized carbons (Fsp3) is 0.778. The Morgan fingerprint density at radius 1 is 1.69 bits per heavy atom. The Morgan fingerprint density at radius 2 is 2.38 bits per heavy atom. The molecule has 0 radical (unpaired) electrons. The molecule has 0 bridgehead atoms. The Bertz CT molecular complexity index is 275.